The lowest BCUT2D eigenvalue weighted by atomic mass is 10.1. The predicted molar refractivity (Wildman–Crippen MR) is 85.5 cm³/mol. The first-order chi connectivity index (χ1) is 10.1. The second-order valence-electron chi connectivity index (χ2n) is 5.03. The number of hydrogen-bond acceptors (Lipinski definition) is 3. The van der Waals surface area contributed by atoms with E-state index in [-0.39, 0.29) is 11.9 Å². The van der Waals surface area contributed by atoms with Crippen LogP contribution in [0.15, 0.2) is 42.6 Å². The molecule has 0 saturated heterocycles. The molecule has 0 saturated carbocycles. The van der Waals surface area contributed by atoms with E-state index in [0.717, 1.165) is 23.5 Å². The Morgan fingerprint density at radius 3 is 2.76 bits per heavy atom. The molecule has 1 heterocycles. The van der Waals surface area contributed by atoms with Crippen molar-refractivity contribution in [1.29, 1.82) is 0 Å². The van der Waals surface area contributed by atoms with Crippen LogP contribution < -0.4 is 10.6 Å². The Hall–Kier alpha value is -2.36. The molecule has 0 radical (unpaired) electrons. The Morgan fingerprint density at radius 2 is 2.10 bits per heavy atom. The molecule has 1 aromatic carbocycles. The lowest BCUT2D eigenvalue weighted by Gasteiger charge is -2.16. The number of amides is 1. The van der Waals surface area contributed by atoms with Crippen molar-refractivity contribution in [2.24, 2.45) is 0 Å². The first kappa shape index (κ1) is 15.0. The highest BCUT2D eigenvalue weighted by Gasteiger charge is 2.15. The van der Waals surface area contributed by atoms with Gasteiger partial charge in [-0.05, 0) is 45.0 Å². The lowest BCUT2D eigenvalue weighted by Crippen LogP contribution is -2.28. The monoisotopic (exact) mass is 283 g/mol. The third-order valence-corrected chi connectivity index (χ3v) is 3.27. The van der Waals surface area contributed by atoms with Gasteiger partial charge < -0.3 is 10.6 Å². The molecule has 21 heavy (non-hydrogen) atoms. The first-order valence-corrected chi connectivity index (χ1v) is 7.18. The number of nitrogens with one attached hydrogen (secondary N) is 2. The van der Waals surface area contributed by atoms with Gasteiger partial charge in [0.05, 0.1) is 17.3 Å². The molecule has 1 amide bonds. The van der Waals surface area contributed by atoms with E-state index in [1.54, 1.807) is 6.20 Å². The Kier molecular flexibility index (Phi) is 4.93. The number of benzene rings is 1. The van der Waals surface area contributed by atoms with Crippen LogP contribution in [0, 0.1) is 6.92 Å². The second-order valence-corrected chi connectivity index (χ2v) is 5.03. The first-order valence-electron chi connectivity index (χ1n) is 7.18. The maximum absolute atomic E-state index is 12.5. The predicted octanol–water partition coefficient (Wildman–Crippen LogP) is 3.31. The van der Waals surface area contributed by atoms with E-state index in [2.05, 4.69) is 15.6 Å². The smallest absolute Gasteiger partial charge is 0.253 e. The largest absolute Gasteiger partial charge is 0.385 e. The Bertz CT molecular complexity index is 611. The van der Waals surface area contributed by atoms with E-state index in [0.29, 0.717) is 5.56 Å². The third kappa shape index (κ3) is 3.81. The summed E-state index contributed by atoms with van der Waals surface area (Å²) >= 11 is 0. The molecule has 2 N–H and O–H groups in total. The van der Waals surface area contributed by atoms with Crippen molar-refractivity contribution in [2.45, 2.75) is 26.8 Å². The van der Waals surface area contributed by atoms with Crippen LogP contribution in [0.25, 0.3) is 0 Å². The average molecular weight is 283 g/mol. The lowest BCUT2D eigenvalue weighted by molar-refractivity contribution is 0.0940. The zero-order valence-corrected chi connectivity index (χ0v) is 12.7. The van der Waals surface area contributed by atoms with Crippen LogP contribution in [0.4, 0.5) is 5.69 Å². The summed E-state index contributed by atoms with van der Waals surface area (Å²) in [5.74, 6) is -0.0900. The molecule has 0 bridgehead atoms. The van der Waals surface area contributed by atoms with Crippen molar-refractivity contribution in [3.8, 4) is 0 Å². The van der Waals surface area contributed by atoms with Crippen molar-refractivity contribution < 1.29 is 4.79 Å². The van der Waals surface area contributed by atoms with Gasteiger partial charge in [0.25, 0.3) is 5.91 Å². The van der Waals surface area contributed by atoms with Crippen molar-refractivity contribution in [1.82, 2.24) is 10.3 Å². The highest BCUT2D eigenvalue weighted by atomic mass is 16.1. The van der Waals surface area contributed by atoms with Gasteiger partial charge in [0.1, 0.15) is 0 Å². The number of hydrogen-bond donors (Lipinski definition) is 2. The molecule has 0 aliphatic rings. The molecule has 0 spiro atoms. The number of aryl methyl sites for hydroxylation is 1. The maximum atomic E-state index is 12.5. The summed E-state index contributed by atoms with van der Waals surface area (Å²) in [6.45, 7) is 6.70. The number of anilines is 1. The van der Waals surface area contributed by atoms with Gasteiger partial charge in [-0.25, -0.2) is 0 Å². The molecule has 0 aliphatic heterocycles. The number of aromatic nitrogens is 1. The normalized spacial score (nSPS) is 11.8. The van der Waals surface area contributed by atoms with Crippen LogP contribution in [-0.4, -0.2) is 17.4 Å². The zero-order valence-electron chi connectivity index (χ0n) is 12.7. The Morgan fingerprint density at radius 1 is 1.29 bits per heavy atom. The summed E-state index contributed by atoms with van der Waals surface area (Å²) in [7, 11) is 0. The minimum Gasteiger partial charge on any atom is -0.385 e. The molecule has 2 rings (SSSR count). The summed E-state index contributed by atoms with van der Waals surface area (Å²) in [5, 5.41) is 6.22. The minimum absolute atomic E-state index is 0.0900. The van der Waals surface area contributed by atoms with E-state index in [1.807, 2.05) is 57.2 Å². The number of nitrogens with zero attached hydrogens (tertiary/aromatic N) is 1. The van der Waals surface area contributed by atoms with Gasteiger partial charge in [0.2, 0.25) is 0 Å². The molecule has 110 valence electrons. The summed E-state index contributed by atoms with van der Waals surface area (Å²) in [6.07, 6.45) is 1.73. The molecule has 0 aliphatic carbocycles. The van der Waals surface area contributed by atoms with E-state index in [4.69, 9.17) is 0 Å². The van der Waals surface area contributed by atoms with Crippen molar-refractivity contribution in [3.05, 3.63) is 59.4 Å². The van der Waals surface area contributed by atoms with Crippen LogP contribution in [0.2, 0.25) is 0 Å². The van der Waals surface area contributed by atoms with Gasteiger partial charge in [0, 0.05) is 18.4 Å². The van der Waals surface area contributed by atoms with E-state index in [1.165, 1.54) is 0 Å². The van der Waals surface area contributed by atoms with Crippen LogP contribution in [0.3, 0.4) is 0 Å². The fourth-order valence-electron chi connectivity index (χ4n) is 2.17. The van der Waals surface area contributed by atoms with E-state index in [9.17, 15) is 4.79 Å². The van der Waals surface area contributed by atoms with Gasteiger partial charge in [-0.15, -0.1) is 0 Å². The summed E-state index contributed by atoms with van der Waals surface area (Å²) < 4.78 is 0. The SMILES string of the molecule is CCNc1ccc(C)cc1C(=O)NC(C)c1ccccn1. The summed E-state index contributed by atoms with van der Waals surface area (Å²) in [5.41, 5.74) is 3.43. The molecule has 4 heteroatoms. The van der Waals surface area contributed by atoms with Crippen molar-refractivity contribution in [3.63, 3.8) is 0 Å². The molecule has 2 aromatic rings. The molecule has 1 atom stereocenters. The molecule has 4 nitrogen and oxygen atoms in total. The highest BCUT2D eigenvalue weighted by molar-refractivity contribution is 6.00. The number of rotatable bonds is 5. The Balaban J connectivity index is 2.18. The van der Waals surface area contributed by atoms with Crippen molar-refractivity contribution in [2.75, 3.05) is 11.9 Å². The van der Waals surface area contributed by atoms with Crippen molar-refractivity contribution >= 4 is 11.6 Å². The van der Waals surface area contributed by atoms with Gasteiger partial charge >= 0.3 is 0 Å². The zero-order chi connectivity index (χ0) is 15.2. The molecule has 1 aromatic heterocycles. The molecular weight excluding hydrogens is 262 g/mol. The number of carbonyl (C=O) groups is 1. The second kappa shape index (κ2) is 6.88. The van der Waals surface area contributed by atoms with Gasteiger partial charge in [-0.3, -0.25) is 9.78 Å². The van der Waals surface area contributed by atoms with Crippen LogP contribution in [-0.2, 0) is 0 Å². The quantitative estimate of drug-likeness (QED) is 0.885. The van der Waals surface area contributed by atoms with Crippen LogP contribution in [0.1, 0.15) is 41.5 Å². The van der Waals surface area contributed by atoms with Gasteiger partial charge in [-0.1, -0.05) is 17.7 Å². The maximum Gasteiger partial charge on any atom is 0.253 e. The standard InChI is InChI=1S/C17H21N3O/c1-4-18-16-9-8-12(2)11-14(16)17(21)20-13(3)15-7-5-6-10-19-15/h5-11,13,18H,4H2,1-3H3,(H,20,21). The van der Waals surface area contributed by atoms with Crippen LogP contribution >= 0.6 is 0 Å². The van der Waals surface area contributed by atoms with E-state index >= 15 is 0 Å². The highest BCUT2D eigenvalue weighted by Crippen LogP contribution is 2.19. The fraction of sp³-hybridized carbons (Fsp3) is 0.294. The fourth-order valence-corrected chi connectivity index (χ4v) is 2.17. The summed E-state index contributed by atoms with van der Waals surface area (Å²) in [4.78, 5) is 16.8. The van der Waals surface area contributed by atoms with E-state index < -0.39 is 0 Å². The minimum atomic E-state index is -0.131. The third-order valence-electron chi connectivity index (χ3n) is 3.27. The topological polar surface area (TPSA) is 54.0 Å². The van der Waals surface area contributed by atoms with Gasteiger partial charge in [0.15, 0.2) is 0 Å². The van der Waals surface area contributed by atoms with Gasteiger partial charge in [-0.2, -0.15) is 0 Å². The number of carbonyl (C=O) groups excluding carboxylic acids is 1. The summed E-state index contributed by atoms with van der Waals surface area (Å²) in [6, 6.07) is 11.4. The Labute approximate surface area is 125 Å². The molecule has 0 fully saturated rings. The average Bonchev–Trinajstić information content (AvgIpc) is 2.50. The number of pyridine rings is 1. The van der Waals surface area contributed by atoms with Crippen LogP contribution in [0.5, 0.6) is 0 Å². The molecular formula is C17H21N3O. The molecule has 1 unspecified atom stereocenters.